The molecule has 0 aromatic heterocycles. The summed E-state index contributed by atoms with van der Waals surface area (Å²) in [5, 5.41) is 6.53. The van der Waals surface area contributed by atoms with E-state index in [2.05, 4.69) is 15.6 Å². The molecule has 0 saturated carbocycles. The van der Waals surface area contributed by atoms with Gasteiger partial charge in [0.15, 0.2) is 5.96 Å². The standard InChI is InChI=1S/C13H24N4O/c18-12-6-2-1-3-10-17(12)11-5-9-16-13-14-7-4-8-15-13/h1-11H2,(H2,14,15,16). The van der Waals surface area contributed by atoms with Crippen LogP contribution in [0.4, 0.5) is 0 Å². The molecule has 2 rings (SSSR count). The molecular formula is C13H24N4O. The van der Waals surface area contributed by atoms with E-state index < -0.39 is 0 Å². The highest BCUT2D eigenvalue weighted by atomic mass is 16.2. The number of aliphatic imine (C=N–C) groups is 1. The largest absolute Gasteiger partial charge is 0.356 e. The molecule has 18 heavy (non-hydrogen) atoms. The van der Waals surface area contributed by atoms with E-state index in [0.29, 0.717) is 5.91 Å². The van der Waals surface area contributed by atoms with Crippen molar-refractivity contribution in [2.75, 3.05) is 32.7 Å². The van der Waals surface area contributed by atoms with Gasteiger partial charge in [-0.3, -0.25) is 9.79 Å². The minimum atomic E-state index is 0.334. The zero-order valence-electron chi connectivity index (χ0n) is 11.1. The number of likely N-dealkylation sites (tertiary alicyclic amines) is 1. The maximum absolute atomic E-state index is 11.8. The lowest BCUT2D eigenvalue weighted by Gasteiger charge is -2.21. The van der Waals surface area contributed by atoms with E-state index in [1.54, 1.807) is 0 Å². The molecule has 2 N–H and O–H groups in total. The summed E-state index contributed by atoms with van der Waals surface area (Å²) in [6.45, 7) is 4.63. The summed E-state index contributed by atoms with van der Waals surface area (Å²) in [7, 11) is 0. The Morgan fingerprint density at radius 2 is 2.22 bits per heavy atom. The van der Waals surface area contributed by atoms with Crippen molar-refractivity contribution in [3.05, 3.63) is 0 Å². The summed E-state index contributed by atoms with van der Waals surface area (Å²) < 4.78 is 0. The van der Waals surface area contributed by atoms with Crippen LogP contribution in [0.3, 0.4) is 0 Å². The fourth-order valence-electron chi connectivity index (χ4n) is 2.40. The molecule has 1 saturated heterocycles. The van der Waals surface area contributed by atoms with Gasteiger partial charge in [-0.25, -0.2) is 0 Å². The van der Waals surface area contributed by atoms with Crippen LogP contribution in [0.2, 0.25) is 0 Å². The first-order valence-corrected chi connectivity index (χ1v) is 7.16. The van der Waals surface area contributed by atoms with Crippen molar-refractivity contribution in [3.63, 3.8) is 0 Å². The number of amides is 1. The lowest BCUT2D eigenvalue weighted by molar-refractivity contribution is -0.130. The molecule has 2 aliphatic heterocycles. The molecule has 2 aliphatic rings. The molecule has 0 radical (unpaired) electrons. The molecule has 1 fully saturated rings. The van der Waals surface area contributed by atoms with E-state index in [-0.39, 0.29) is 0 Å². The van der Waals surface area contributed by atoms with Crippen LogP contribution in [-0.2, 0) is 4.79 Å². The zero-order valence-corrected chi connectivity index (χ0v) is 11.1. The number of hydrogen-bond acceptors (Lipinski definition) is 4. The van der Waals surface area contributed by atoms with Gasteiger partial charge >= 0.3 is 0 Å². The average Bonchev–Trinajstić information content (AvgIpc) is 2.61. The van der Waals surface area contributed by atoms with Crippen LogP contribution in [0.25, 0.3) is 0 Å². The van der Waals surface area contributed by atoms with Crippen molar-refractivity contribution in [1.29, 1.82) is 0 Å². The maximum atomic E-state index is 11.8. The summed E-state index contributed by atoms with van der Waals surface area (Å²) in [4.78, 5) is 18.2. The summed E-state index contributed by atoms with van der Waals surface area (Å²) in [5.41, 5.74) is 0. The molecule has 0 aromatic rings. The smallest absolute Gasteiger partial charge is 0.222 e. The highest BCUT2D eigenvalue weighted by molar-refractivity contribution is 5.80. The number of carbonyl (C=O) groups is 1. The van der Waals surface area contributed by atoms with Crippen LogP contribution in [-0.4, -0.2) is 49.5 Å². The highest BCUT2D eigenvalue weighted by Gasteiger charge is 2.15. The first kappa shape index (κ1) is 13.2. The number of rotatable bonds is 4. The number of carbonyl (C=O) groups excluding carboxylic acids is 1. The molecule has 1 amide bonds. The molecule has 2 heterocycles. The lowest BCUT2D eigenvalue weighted by atomic mass is 10.2. The Balaban J connectivity index is 1.62. The van der Waals surface area contributed by atoms with Gasteiger partial charge in [0.1, 0.15) is 0 Å². The van der Waals surface area contributed by atoms with E-state index >= 15 is 0 Å². The second-order valence-corrected chi connectivity index (χ2v) is 4.98. The van der Waals surface area contributed by atoms with E-state index in [1.165, 1.54) is 6.42 Å². The monoisotopic (exact) mass is 252 g/mol. The molecular weight excluding hydrogens is 228 g/mol. The van der Waals surface area contributed by atoms with Gasteiger partial charge in [-0.15, -0.1) is 0 Å². The van der Waals surface area contributed by atoms with E-state index in [9.17, 15) is 4.79 Å². The highest BCUT2D eigenvalue weighted by Crippen LogP contribution is 2.11. The second kappa shape index (κ2) is 7.24. The van der Waals surface area contributed by atoms with Crippen LogP contribution in [0.15, 0.2) is 4.99 Å². The Labute approximate surface area is 109 Å². The van der Waals surface area contributed by atoms with Gasteiger partial charge in [0.05, 0.1) is 0 Å². The van der Waals surface area contributed by atoms with Crippen LogP contribution in [0.5, 0.6) is 0 Å². The van der Waals surface area contributed by atoms with Crippen LogP contribution in [0.1, 0.15) is 38.5 Å². The maximum Gasteiger partial charge on any atom is 0.222 e. The van der Waals surface area contributed by atoms with E-state index in [0.717, 1.165) is 70.8 Å². The van der Waals surface area contributed by atoms with E-state index in [4.69, 9.17) is 0 Å². The second-order valence-electron chi connectivity index (χ2n) is 4.98. The Morgan fingerprint density at radius 1 is 1.28 bits per heavy atom. The normalized spacial score (nSPS) is 21.0. The summed E-state index contributed by atoms with van der Waals surface area (Å²) >= 11 is 0. The van der Waals surface area contributed by atoms with Gasteiger partial charge in [0.2, 0.25) is 5.91 Å². The van der Waals surface area contributed by atoms with Crippen LogP contribution in [0, 0.1) is 0 Å². The van der Waals surface area contributed by atoms with Crippen molar-refractivity contribution in [3.8, 4) is 0 Å². The average molecular weight is 252 g/mol. The quantitative estimate of drug-likeness (QED) is 0.725. The van der Waals surface area contributed by atoms with Crippen LogP contribution < -0.4 is 10.6 Å². The van der Waals surface area contributed by atoms with Gasteiger partial charge in [0.25, 0.3) is 0 Å². The third-order valence-corrected chi connectivity index (χ3v) is 3.47. The summed E-state index contributed by atoms with van der Waals surface area (Å²) in [6.07, 6.45) is 6.27. The van der Waals surface area contributed by atoms with Crippen molar-refractivity contribution in [1.82, 2.24) is 15.5 Å². The Hall–Kier alpha value is -1.26. The molecule has 0 aromatic carbocycles. The van der Waals surface area contributed by atoms with Gasteiger partial charge in [-0.05, 0) is 25.7 Å². The molecule has 0 atom stereocenters. The first-order valence-electron chi connectivity index (χ1n) is 7.16. The molecule has 0 aliphatic carbocycles. The summed E-state index contributed by atoms with van der Waals surface area (Å²) in [5.74, 6) is 1.25. The van der Waals surface area contributed by atoms with E-state index in [1.807, 2.05) is 4.90 Å². The van der Waals surface area contributed by atoms with Gasteiger partial charge in [-0.1, -0.05) is 6.42 Å². The zero-order chi connectivity index (χ0) is 12.6. The molecule has 0 unspecified atom stereocenters. The summed E-state index contributed by atoms with van der Waals surface area (Å²) in [6, 6.07) is 0. The number of hydrogen-bond donors (Lipinski definition) is 2. The van der Waals surface area contributed by atoms with Gasteiger partial charge in [-0.2, -0.15) is 0 Å². The predicted molar refractivity (Wildman–Crippen MR) is 72.6 cm³/mol. The van der Waals surface area contributed by atoms with Crippen molar-refractivity contribution >= 4 is 11.9 Å². The molecule has 0 bridgehead atoms. The van der Waals surface area contributed by atoms with Gasteiger partial charge < -0.3 is 15.5 Å². The van der Waals surface area contributed by atoms with Crippen molar-refractivity contribution in [2.45, 2.75) is 38.5 Å². The van der Waals surface area contributed by atoms with Crippen molar-refractivity contribution < 1.29 is 4.79 Å². The molecule has 5 heteroatoms. The first-order chi connectivity index (χ1) is 8.86. The fraction of sp³-hybridized carbons (Fsp3) is 0.846. The Bertz CT molecular complexity index is 303. The minimum absolute atomic E-state index is 0.334. The number of nitrogens with one attached hydrogen (secondary N) is 2. The predicted octanol–water partition coefficient (Wildman–Crippen LogP) is 0.718. The Kier molecular flexibility index (Phi) is 5.30. The topological polar surface area (TPSA) is 56.7 Å². The Morgan fingerprint density at radius 3 is 3.06 bits per heavy atom. The minimum Gasteiger partial charge on any atom is -0.356 e. The van der Waals surface area contributed by atoms with Crippen LogP contribution >= 0.6 is 0 Å². The molecule has 0 spiro atoms. The van der Waals surface area contributed by atoms with Crippen molar-refractivity contribution in [2.24, 2.45) is 4.99 Å². The number of guanidine groups is 1. The molecule has 5 nitrogen and oxygen atoms in total. The van der Waals surface area contributed by atoms with Gasteiger partial charge in [0, 0.05) is 39.1 Å². The third kappa shape index (κ3) is 4.20. The fourth-order valence-corrected chi connectivity index (χ4v) is 2.40. The third-order valence-electron chi connectivity index (χ3n) is 3.47. The molecule has 102 valence electrons. The lowest BCUT2D eigenvalue weighted by Crippen LogP contribution is -2.42. The SMILES string of the molecule is O=C1CCCCCN1CCCNC1=NCCCN1. The number of nitrogens with zero attached hydrogens (tertiary/aromatic N) is 2.